The number of nitrogens with zero attached hydrogens (tertiary/aromatic N) is 2. The highest BCUT2D eigenvalue weighted by molar-refractivity contribution is 7.89. The molecule has 0 bridgehead atoms. The Morgan fingerprint density at radius 1 is 1.38 bits per heavy atom. The number of aromatic nitrogens is 1. The van der Waals surface area contributed by atoms with E-state index in [9.17, 15) is 13.2 Å². The summed E-state index contributed by atoms with van der Waals surface area (Å²) in [7, 11) is -3.61. The fourth-order valence-corrected chi connectivity index (χ4v) is 3.87. The van der Waals surface area contributed by atoms with E-state index in [-0.39, 0.29) is 23.8 Å². The Morgan fingerprint density at radius 2 is 2.21 bits per heavy atom. The molecule has 1 aliphatic heterocycles. The number of hydrogen-bond acceptors (Lipinski definition) is 5. The van der Waals surface area contributed by atoms with Crippen LogP contribution >= 0.6 is 0 Å². The number of carbonyl (C=O) groups excluding carboxylic acids is 1. The average Bonchev–Trinajstić information content (AvgIpc) is 3.29. The molecular formula is C16H23N3O4S. The Labute approximate surface area is 142 Å². The number of carbonyl (C=O) groups is 1. The van der Waals surface area contributed by atoms with Crippen LogP contribution in [0.4, 0.5) is 0 Å². The lowest BCUT2D eigenvalue weighted by Gasteiger charge is -2.25. The molecule has 2 fully saturated rings. The van der Waals surface area contributed by atoms with Crippen molar-refractivity contribution in [3.05, 3.63) is 24.5 Å². The number of amides is 1. The summed E-state index contributed by atoms with van der Waals surface area (Å²) >= 11 is 0. The first kappa shape index (κ1) is 17.3. The molecule has 2 heterocycles. The lowest BCUT2D eigenvalue weighted by atomic mass is 10.1. The van der Waals surface area contributed by atoms with Gasteiger partial charge >= 0.3 is 0 Å². The summed E-state index contributed by atoms with van der Waals surface area (Å²) in [5.41, 5.74) is 0. The maximum atomic E-state index is 12.5. The van der Waals surface area contributed by atoms with E-state index in [1.807, 2.05) is 4.90 Å². The van der Waals surface area contributed by atoms with Crippen LogP contribution in [0.2, 0.25) is 0 Å². The summed E-state index contributed by atoms with van der Waals surface area (Å²) in [4.78, 5) is 18.3. The highest BCUT2D eigenvalue weighted by Gasteiger charge is 2.34. The standard InChI is InChI=1S/C16H23N3O4S/c20-16(19(14-3-4-14)11-13-6-9-23-12-13)5-8-18-24(21,22)15-2-1-7-17-10-15/h1-2,7,10,13-14,18H,3-6,8-9,11-12H2. The fourth-order valence-electron chi connectivity index (χ4n) is 2.87. The smallest absolute Gasteiger partial charge is 0.242 e. The van der Waals surface area contributed by atoms with Gasteiger partial charge in [-0.15, -0.1) is 0 Å². The maximum Gasteiger partial charge on any atom is 0.242 e. The van der Waals surface area contributed by atoms with Gasteiger partial charge in [0.15, 0.2) is 0 Å². The van der Waals surface area contributed by atoms with Crippen LogP contribution in [-0.2, 0) is 19.6 Å². The highest BCUT2D eigenvalue weighted by Crippen LogP contribution is 2.29. The van der Waals surface area contributed by atoms with E-state index in [2.05, 4.69) is 9.71 Å². The zero-order valence-electron chi connectivity index (χ0n) is 13.6. The van der Waals surface area contributed by atoms with Crippen LogP contribution in [0.3, 0.4) is 0 Å². The predicted molar refractivity (Wildman–Crippen MR) is 87.7 cm³/mol. The molecule has 3 rings (SSSR count). The molecule has 1 saturated carbocycles. The first-order valence-corrected chi connectivity index (χ1v) is 9.81. The van der Waals surface area contributed by atoms with Crippen molar-refractivity contribution >= 4 is 15.9 Å². The van der Waals surface area contributed by atoms with Crippen molar-refractivity contribution in [1.82, 2.24) is 14.6 Å². The number of rotatable bonds is 8. The molecule has 8 heteroatoms. The van der Waals surface area contributed by atoms with E-state index >= 15 is 0 Å². The molecule has 7 nitrogen and oxygen atoms in total. The average molecular weight is 353 g/mol. The van der Waals surface area contributed by atoms with Crippen LogP contribution in [0.25, 0.3) is 0 Å². The Bertz CT molecular complexity index is 655. The maximum absolute atomic E-state index is 12.5. The van der Waals surface area contributed by atoms with Gasteiger partial charge in [0, 0.05) is 50.5 Å². The van der Waals surface area contributed by atoms with Crippen molar-refractivity contribution in [2.75, 3.05) is 26.3 Å². The quantitative estimate of drug-likeness (QED) is 0.746. The summed E-state index contributed by atoms with van der Waals surface area (Å²) in [5, 5.41) is 0. The third kappa shape index (κ3) is 4.52. The third-order valence-corrected chi connectivity index (χ3v) is 5.81. The first-order valence-electron chi connectivity index (χ1n) is 8.33. The Hall–Kier alpha value is -1.51. The summed E-state index contributed by atoms with van der Waals surface area (Å²) in [6.07, 6.45) is 6.05. The van der Waals surface area contributed by atoms with Crippen LogP contribution in [0.5, 0.6) is 0 Å². The zero-order chi connectivity index (χ0) is 17.0. The molecule has 1 aliphatic carbocycles. The molecule has 1 aromatic rings. The van der Waals surface area contributed by atoms with Gasteiger partial charge in [-0.1, -0.05) is 0 Å². The summed E-state index contributed by atoms with van der Waals surface area (Å²) < 4.78 is 32.1. The third-order valence-electron chi connectivity index (χ3n) is 4.36. The first-order chi connectivity index (χ1) is 11.6. The van der Waals surface area contributed by atoms with E-state index in [1.54, 1.807) is 6.07 Å². The lowest BCUT2D eigenvalue weighted by Crippen LogP contribution is -2.39. The molecule has 1 saturated heterocycles. The van der Waals surface area contributed by atoms with Crippen LogP contribution in [0.1, 0.15) is 25.7 Å². The summed E-state index contributed by atoms with van der Waals surface area (Å²) in [5.74, 6) is 0.417. The van der Waals surface area contributed by atoms with Gasteiger partial charge in [0.25, 0.3) is 0 Å². The fraction of sp³-hybridized carbons (Fsp3) is 0.625. The second kappa shape index (κ2) is 7.58. The second-order valence-electron chi connectivity index (χ2n) is 6.34. The van der Waals surface area contributed by atoms with E-state index < -0.39 is 10.0 Å². The molecule has 0 aromatic carbocycles. The van der Waals surface area contributed by atoms with Crippen molar-refractivity contribution in [1.29, 1.82) is 0 Å². The van der Waals surface area contributed by atoms with Crippen molar-refractivity contribution in [3.8, 4) is 0 Å². The molecule has 24 heavy (non-hydrogen) atoms. The van der Waals surface area contributed by atoms with E-state index in [0.29, 0.717) is 18.6 Å². The van der Waals surface area contributed by atoms with Gasteiger partial charge < -0.3 is 9.64 Å². The van der Waals surface area contributed by atoms with Gasteiger partial charge in [0.1, 0.15) is 4.90 Å². The number of nitrogens with one attached hydrogen (secondary N) is 1. The molecule has 0 spiro atoms. The topological polar surface area (TPSA) is 88.6 Å². The van der Waals surface area contributed by atoms with Gasteiger partial charge in [0.05, 0.1) is 6.61 Å². The molecule has 1 unspecified atom stereocenters. The van der Waals surface area contributed by atoms with Gasteiger partial charge in [0.2, 0.25) is 15.9 Å². The van der Waals surface area contributed by atoms with Crippen molar-refractivity contribution in [2.45, 2.75) is 36.6 Å². The largest absolute Gasteiger partial charge is 0.381 e. The van der Waals surface area contributed by atoms with Crippen molar-refractivity contribution < 1.29 is 17.9 Å². The monoisotopic (exact) mass is 353 g/mol. The van der Waals surface area contributed by atoms with E-state index in [4.69, 9.17) is 4.74 Å². The minimum atomic E-state index is -3.61. The molecule has 1 atom stereocenters. The molecule has 1 aromatic heterocycles. The molecule has 132 valence electrons. The highest BCUT2D eigenvalue weighted by atomic mass is 32.2. The molecular weight excluding hydrogens is 330 g/mol. The van der Waals surface area contributed by atoms with Gasteiger partial charge in [-0.05, 0) is 31.4 Å². The second-order valence-corrected chi connectivity index (χ2v) is 8.11. The van der Waals surface area contributed by atoms with Gasteiger partial charge in [-0.25, -0.2) is 13.1 Å². The van der Waals surface area contributed by atoms with Crippen molar-refractivity contribution in [2.24, 2.45) is 5.92 Å². The van der Waals surface area contributed by atoms with Crippen LogP contribution < -0.4 is 4.72 Å². The number of ether oxygens (including phenoxy) is 1. The number of hydrogen-bond donors (Lipinski definition) is 1. The zero-order valence-corrected chi connectivity index (χ0v) is 14.4. The molecule has 1 N–H and O–H groups in total. The lowest BCUT2D eigenvalue weighted by molar-refractivity contribution is -0.132. The Morgan fingerprint density at radius 3 is 2.83 bits per heavy atom. The van der Waals surface area contributed by atoms with Crippen molar-refractivity contribution in [3.63, 3.8) is 0 Å². The number of sulfonamides is 1. The Kier molecular flexibility index (Phi) is 5.47. The minimum Gasteiger partial charge on any atom is -0.381 e. The van der Waals surface area contributed by atoms with Gasteiger partial charge in [-0.3, -0.25) is 9.78 Å². The molecule has 1 amide bonds. The minimum absolute atomic E-state index is 0.0123. The summed E-state index contributed by atoms with van der Waals surface area (Å²) in [6.45, 7) is 2.30. The number of pyridine rings is 1. The van der Waals surface area contributed by atoms with E-state index in [0.717, 1.165) is 32.4 Å². The van der Waals surface area contributed by atoms with Crippen LogP contribution in [-0.4, -0.2) is 56.6 Å². The van der Waals surface area contributed by atoms with E-state index in [1.165, 1.54) is 18.5 Å². The van der Waals surface area contributed by atoms with Crippen LogP contribution in [0, 0.1) is 5.92 Å². The van der Waals surface area contributed by atoms with Gasteiger partial charge in [-0.2, -0.15) is 0 Å². The normalized spacial score (nSPS) is 20.9. The SMILES string of the molecule is O=C(CCNS(=O)(=O)c1cccnc1)N(CC1CCOC1)C1CC1. The molecule has 0 radical (unpaired) electrons. The predicted octanol–water partition coefficient (Wildman–Crippen LogP) is 0.777. The van der Waals surface area contributed by atoms with Crippen LogP contribution in [0.15, 0.2) is 29.4 Å². The Balaban J connectivity index is 1.50. The molecule has 2 aliphatic rings. The summed E-state index contributed by atoms with van der Waals surface area (Å²) in [6, 6.07) is 3.37.